The van der Waals surface area contributed by atoms with Gasteiger partial charge in [0.2, 0.25) is 0 Å². The van der Waals surface area contributed by atoms with Gasteiger partial charge in [0, 0.05) is 29.3 Å². The Bertz CT molecular complexity index is 895. The van der Waals surface area contributed by atoms with E-state index in [1.165, 1.54) is 6.07 Å². The number of ether oxygens (including phenoxy) is 2. The molecular formula is C20H22BrN3O5. The monoisotopic (exact) mass is 463 g/mol. The van der Waals surface area contributed by atoms with E-state index in [1.54, 1.807) is 38.1 Å². The molecule has 1 fully saturated rings. The number of nitro benzene ring substituents is 1. The van der Waals surface area contributed by atoms with Gasteiger partial charge in [-0.25, -0.2) is 0 Å². The van der Waals surface area contributed by atoms with Gasteiger partial charge in [-0.1, -0.05) is 15.9 Å². The van der Waals surface area contributed by atoms with Gasteiger partial charge in [0.15, 0.2) is 5.60 Å². The number of hydrogen-bond donors (Lipinski definition) is 1. The Morgan fingerprint density at radius 1 is 1.21 bits per heavy atom. The highest BCUT2D eigenvalue weighted by Gasteiger charge is 2.31. The van der Waals surface area contributed by atoms with Crippen LogP contribution in [-0.4, -0.2) is 42.7 Å². The molecule has 1 aliphatic heterocycles. The third-order valence-corrected chi connectivity index (χ3v) is 5.04. The van der Waals surface area contributed by atoms with E-state index < -0.39 is 16.4 Å². The second kappa shape index (κ2) is 8.79. The number of carbonyl (C=O) groups excluding carboxylic acids is 1. The molecule has 1 saturated heterocycles. The molecule has 29 heavy (non-hydrogen) atoms. The van der Waals surface area contributed by atoms with Crippen molar-refractivity contribution in [2.75, 3.05) is 36.5 Å². The molecule has 0 radical (unpaired) electrons. The van der Waals surface area contributed by atoms with Crippen molar-refractivity contribution >= 4 is 38.9 Å². The molecule has 2 aromatic rings. The summed E-state index contributed by atoms with van der Waals surface area (Å²) in [5, 5.41) is 14.3. The van der Waals surface area contributed by atoms with Crippen molar-refractivity contribution < 1.29 is 19.2 Å². The van der Waals surface area contributed by atoms with E-state index in [2.05, 4.69) is 21.2 Å². The van der Waals surface area contributed by atoms with Crippen LogP contribution in [-0.2, 0) is 9.53 Å². The number of halogens is 1. The van der Waals surface area contributed by atoms with Crippen LogP contribution in [0, 0.1) is 10.1 Å². The van der Waals surface area contributed by atoms with Crippen LogP contribution in [0.15, 0.2) is 46.9 Å². The molecule has 0 atom stereocenters. The molecule has 3 rings (SSSR count). The number of nitrogens with one attached hydrogen (secondary N) is 1. The van der Waals surface area contributed by atoms with Gasteiger partial charge in [-0.3, -0.25) is 14.9 Å². The average molecular weight is 464 g/mol. The van der Waals surface area contributed by atoms with Crippen LogP contribution >= 0.6 is 15.9 Å². The van der Waals surface area contributed by atoms with Gasteiger partial charge < -0.3 is 19.7 Å². The van der Waals surface area contributed by atoms with E-state index in [0.717, 1.165) is 4.47 Å². The zero-order valence-electron chi connectivity index (χ0n) is 16.2. The second-order valence-electron chi connectivity index (χ2n) is 7.08. The van der Waals surface area contributed by atoms with Crippen molar-refractivity contribution in [3.8, 4) is 5.75 Å². The first kappa shape index (κ1) is 21.1. The zero-order valence-corrected chi connectivity index (χ0v) is 17.8. The lowest BCUT2D eigenvalue weighted by Crippen LogP contribution is -2.42. The maximum atomic E-state index is 12.7. The number of hydrogen-bond acceptors (Lipinski definition) is 6. The standard InChI is InChI=1S/C20H22BrN3O5/c1-20(2,29-16-6-3-14(21)4-7-16)19(25)22-15-5-8-17(18(13-15)24(26)27)23-9-11-28-12-10-23/h3-8,13H,9-12H2,1-2H3,(H,22,25). The molecule has 154 valence electrons. The number of amides is 1. The summed E-state index contributed by atoms with van der Waals surface area (Å²) >= 11 is 3.35. The third-order valence-electron chi connectivity index (χ3n) is 4.52. The van der Waals surface area contributed by atoms with Crippen LogP contribution in [0.25, 0.3) is 0 Å². The smallest absolute Gasteiger partial charge is 0.294 e. The summed E-state index contributed by atoms with van der Waals surface area (Å²) in [5.41, 5.74) is -0.380. The highest BCUT2D eigenvalue weighted by molar-refractivity contribution is 9.10. The van der Waals surface area contributed by atoms with Crippen LogP contribution in [0.4, 0.5) is 17.1 Å². The molecule has 0 saturated carbocycles. The Kier molecular flexibility index (Phi) is 6.39. The molecule has 1 amide bonds. The van der Waals surface area contributed by atoms with Gasteiger partial charge in [0.1, 0.15) is 11.4 Å². The van der Waals surface area contributed by atoms with E-state index in [1.807, 2.05) is 17.0 Å². The van der Waals surface area contributed by atoms with Crippen LogP contribution in [0.5, 0.6) is 5.75 Å². The molecule has 0 bridgehead atoms. The van der Waals surface area contributed by atoms with Gasteiger partial charge in [-0.15, -0.1) is 0 Å². The van der Waals surface area contributed by atoms with Crippen molar-refractivity contribution in [2.24, 2.45) is 0 Å². The van der Waals surface area contributed by atoms with Gasteiger partial charge in [0.05, 0.1) is 18.1 Å². The average Bonchev–Trinajstić information content (AvgIpc) is 2.70. The van der Waals surface area contributed by atoms with E-state index in [-0.39, 0.29) is 5.69 Å². The Labute approximate surface area is 177 Å². The molecule has 0 aliphatic carbocycles. The Hall–Kier alpha value is -2.65. The molecule has 8 nitrogen and oxygen atoms in total. The summed E-state index contributed by atoms with van der Waals surface area (Å²) in [5.74, 6) is 0.135. The lowest BCUT2D eigenvalue weighted by atomic mass is 10.1. The fourth-order valence-corrected chi connectivity index (χ4v) is 3.21. The van der Waals surface area contributed by atoms with E-state index >= 15 is 0 Å². The summed E-state index contributed by atoms with van der Waals surface area (Å²) < 4.78 is 12.0. The summed E-state index contributed by atoms with van der Waals surface area (Å²) in [6, 6.07) is 11.8. The van der Waals surface area contributed by atoms with E-state index in [0.29, 0.717) is 43.4 Å². The summed E-state index contributed by atoms with van der Waals surface area (Å²) in [4.78, 5) is 25.8. The number of anilines is 2. The molecule has 1 aliphatic rings. The first-order chi connectivity index (χ1) is 13.8. The maximum Gasteiger partial charge on any atom is 0.294 e. The van der Waals surface area contributed by atoms with Crippen LogP contribution < -0.4 is 15.0 Å². The number of nitro groups is 1. The van der Waals surface area contributed by atoms with Crippen molar-refractivity contribution in [1.82, 2.24) is 0 Å². The van der Waals surface area contributed by atoms with Crippen molar-refractivity contribution in [1.29, 1.82) is 0 Å². The second-order valence-corrected chi connectivity index (χ2v) is 8.00. The predicted octanol–water partition coefficient (Wildman–Crippen LogP) is 3.99. The Morgan fingerprint density at radius 2 is 1.86 bits per heavy atom. The lowest BCUT2D eigenvalue weighted by molar-refractivity contribution is -0.384. The maximum absolute atomic E-state index is 12.7. The SMILES string of the molecule is CC(C)(Oc1ccc(Br)cc1)C(=O)Nc1ccc(N2CCOCC2)c([N+](=O)[O-])c1. The highest BCUT2D eigenvalue weighted by atomic mass is 79.9. The topological polar surface area (TPSA) is 93.9 Å². The third kappa shape index (κ3) is 5.24. The number of benzene rings is 2. The van der Waals surface area contributed by atoms with Gasteiger partial charge in [-0.2, -0.15) is 0 Å². The fraction of sp³-hybridized carbons (Fsp3) is 0.350. The van der Waals surface area contributed by atoms with Crippen molar-refractivity contribution in [3.05, 3.63) is 57.1 Å². The molecule has 1 heterocycles. The first-order valence-electron chi connectivity index (χ1n) is 9.13. The summed E-state index contributed by atoms with van der Waals surface area (Å²) in [6.45, 7) is 5.50. The number of morpholine rings is 1. The minimum Gasteiger partial charge on any atom is -0.478 e. The molecule has 0 aromatic heterocycles. The minimum atomic E-state index is -1.18. The molecule has 9 heteroatoms. The predicted molar refractivity (Wildman–Crippen MR) is 114 cm³/mol. The Morgan fingerprint density at radius 3 is 2.48 bits per heavy atom. The fourth-order valence-electron chi connectivity index (χ4n) is 2.94. The number of rotatable bonds is 6. The van der Waals surface area contributed by atoms with Crippen LogP contribution in [0.1, 0.15) is 13.8 Å². The summed E-state index contributed by atoms with van der Waals surface area (Å²) in [6.07, 6.45) is 0. The number of nitrogens with zero attached hydrogens (tertiary/aromatic N) is 2. The van der Waals surface area contributed by atoms with Crippen LogP contribution in [0.3, 0.4) is 0 Å². The summed E-state index contributed by atoms with van der Waals surface area (Å²) in [7, 11) is 0. The van der Waals surface area contributed by atoms with E-state index in [9.17, 15) is 14.9 Å². The van der Waals surface area contributed by atoms with Gasteiger partial charge in [0.25, 0.3) is 11.6 Å². The minimum absolute atomic E-state index is 0.0589. The molecular weight excluding hydrogens is 442 g/mol. The Balaban J connectivity index is 1.76. The first-order valence-corrected chi connectivity index (χ1v) is 9.93. The molecule has 0 unspecified atom stereocenters. The van der Waals surface area contributed by atoms with Crippen molar-refractivity contribution in [3.63, 3.8) is 0 Å². The van der Waals surface area contributed by atoms with Gasteiger partial charge in [-0.05, 0) is 50.2 Å². The largest absolute Gasteiger partial charge is 0.478 e. The molecule has 2 aromatic carbocycles. The van der Waals surface area contributed by atoms with Crippen molar-refractivity contribution in [2.45, 2.75) is 19.4 Å². The molecule has 0 spiro atoms. The zero-order chi connectivity index (χ0) is 21.0. The van der Waals surface area contributed by atoms with E-state index in [4.69, 9.17) is 9.47 Å². The quantitative estimate of drug-likeness (QED) is 0.513. The molecule has 1 N–H and O–H groups in total. The number of carbonyl (C=O) groups is 1. The van der Waals surface area contributed by atoms with Crippen LogP contribution in [0.2, 0.25) is 0 Å². The highest BCUT2D eigenvalue weighted by Crippen LogP contribution is 2.32. The lowest BCUT2D eigenvalue weighted by Gasteiger charge is -2.29. The van der Waals surface area contributed by atoms with Gasteiger partial charge >= 0.3 is 0 Å². The normalized spacial score (nSPS) is 14.4.